The third-order valence-corrected chi connectivity index (χ3v) is 6.62. The lowest BCUT2D eigenvalue weighted by molar-refractivity contribution is 0.461. The highest BCUT2D eigenvalue weighted by molar-refractivity contribution is 7.92. The molecule has 0 amide bonds. The van der Waals surface area contributed by atoms with Crippen LogP contribution in [-0.4, -0.2) is 27.9 Å². The van der Waals surface area contributed by atoms with Crippen LogP contribution in [0.4, 0.5) is 5.69 Å². The third-order valence-electron chi connectivity index (χ3n) is 5.24. The first-order valence-corrected chi connectivity index (χ1v) is 11.4. The summed E-state index contributed by atoms with van der Waals surface area (Å²) >= 11 is 0. The molecule has 0 aliphatic carbocycles. The Balaban J connectivity index is 1.49. The van der Waals surface area contributed by atoms with Crippen molar-refractivity contribution in [2.75, 3.05) is 4.72 Å². The fourth-order valence-corrected chi connectivity index (χ4v) is 4.20. The summed E-state index contributed by atoms with van der Waals surface area (Å²) in [5, 5.41) is 0. The van der Waals surface area contributed by atoms with Gasteiger partial charge in [-0.3, -0.25) is 9.29 Å². The highest BCUT2D eigenvalue weighted by atomic mass is 32.2. The second-order valence-corrected chi connectivity index (χ2v) is 9.16. The van der Waals surface area contributed by atoms with Gasteiger partial charge in [0.15, 0.2) is 0 Å². The van der Waals surface area contributed by atoms with Crippen LogP contribution in [0.5, 0.6) is 11.6 Å². The molecule has 0 aliphatic heterocycles. The molecule has 4 aromatic rings. The SMILES string of the molecule is Cc1ccc(S(=O)(=O)Nc2ccc(Oc3cc(-n4cnc(C)c4C)ncn3)cc2)cc1C. The van der Waals surface area contributed by atoms with E-state index in [2.05, 4.69) is 19.7 Å². The van der Waals surface area contributed by atoms with Gasteiger partial charge in [0.2, 0.25) is 5.88 Å². The molecule has 0 saturated heterocycles. The van der Waals surface area contributed by atoms with Crippen LogP contribution in [0.2, 0.25) is 0 Å². The van der Waals surface area contributed by atoms with Crippen molar-refractivity contribution in [2.24, 2.45) is 0 Å². The van der Waals surface area contributed by atoms with Crippen molar-refractivity contribution < 1.29 is 13.2 Å². The third kappa shape index (κ3) is 4.47. The average molecular weight is 450 g/mol. The van der Waals surface area contributed by atoms with Gasteiger partial charge in [0.25, 0.3) is 10.0 Å². The van der Waals surface area contributed by atoms with Gasteiger partial charge in [-0.1, -0.05) is 6.07 Å². The van der Waals surface area contributed by atoms with Crippen LogP contribution >= 0.6 is 0 Å². The highest BCUT2D eigenvalue weighted by Crippen LogP contribution is 2.25. The molecule has 4 rings (SSSR count). The standard InChI is InChI=1S/C23H23N5O3S/c1-15-5-10-21(11-16(15)2)32(29,30)27-19-6-8-20(9-7-19)31-23-12-22(24-13-25-23)28-14-26-17(3)18(28)4/h5-14,27H,1-4H3. The van der Waals surface area contributed by atoms with Crippen molar-refractivity contribution in [3.8, 4) is 17.4 Å². The zero-order valence-electron chi connectivity index (χ0n) is 18.2. The second kappa shape index (κ2) is 8.43. The van der Waals surface area contributed by atoms with Gasteiger partial charge in [-0.2, -0.15) is 0 Å². The number of hydrogen-bond acceptors (Lipinski definition) is 6. The number of nitrogens with one attached hydrogen (secondary N) is 1. The first kappa shape index (κ1) is 21.5. The van der Waals surface area contributed by atoms with E-state index in [1.54, 1.807) is 54.9 Å². The van der Waals surface area contributed by atoms with E-state index < -0.39 is 10.0 Å². The fraction of sp³-hybridized carbons (Fsp3) is 0.174. The van der Waals surface area contributed by atoms with E-state index in [-0.39, 0.29) is 4.90 Å². The molecule has 2 aromatic carbocycles. The van der Waals surface area contributed by atoms with E-state index in [0.717, 1.165) is 22.5 Å². The minimum atomic E-state index is -3.68. The normalized spacial score (nSPS) is 11.4. The molecule has 0 atom stereocenters. The van der Waals surface area contributed by atoms with E-state index >= 15 is 0 Å². The molecule has 0 unspecified atom stereocenters. The maximum absolute atomic E-state index is 12.7. The number of benzene rings is 2. The van der Waals surface area contributed by atoms with Crippen molar-refractivity contribution in [3.05, 3.63) is 83.7 Å². The van der Waals surface area contributed by atoms with Gasteiger partial charge in [0.1, 0.15) is 24.2 Å². The van der Waals surface area contributed by atoms with E-state index in [4.69, 9.17) is 4.74 Å². The lowest BCUT2D eigenvalue weighted by atomic mass is 10.1. The van der Waals surface area contributed by atoms with Crippen LogP contribution in [0, 0.1) is 27.7 Å². The highest BCUT2D eigenvalue weighted by Gasteiger charge is 2.15. The number of aromatic nitrogens is 4. The van der Waals surface area contributed by atoms with Crippen LogP contribution < -0.4 is 9.46 Å². The summed E-state index contributed by atoms with van der Waals surface area (Å²) in [5.41, 5.74) is 4.29. The number of sulfonamides is 1. The maximum atomic E-state index is 12.7. The molecule has 0 fully saturated rings. The molecule has 9 heteroatoms. The molecule has 0 saturated carbocycles. The maximum Gasteiger partial charge on any atom is 0.261 e. The topological polar surface area (TPSA) is 99.0 Å². The Bertz CT molecular complexity index is 1380. The number of aryl methyl sites for hydroxylation is 3. The van der Waals surface area contributed by atoms with Gasteiger partial charge in [0.05, 0.1) is 10.6 Å². The molecular weight excluding hydrogens is 426 g/mol. The first-order valence-electron chi connectivity index (χ1n) is 9.94. The molecule has 1 N–H and O–H groups in total. The van der Waals surface area contributed by atoms with Crippen LogP contribution in [0.25, 0.3) is 5.82 Å². The monoisotopic (exact) mass is 449 g/mol. The Hall–Kier alpha value is -3.72. The summed E-state index contributed by atoms with van der Waals surface area (Å²) in [4.78, 5) is 12.9. The number of anilines is 1. The summed E-state index contributed by atoms with van der Waals surface area (Å²) < 4.78 is 35.6. The largest absolute Gasteiger partial charge is 0.439 e. The van der Waals surface area contributed by atoms with Crippen molar-refractivity contribution in [1.29, 1.82) is 0 Å². The van der Waals surface area contributed by atoms with Crippen LogP contribution in [0.15, 0.2) is 66.1 Å². The van der Waals surface area contributed by atoms with E-state index in [1.165, 1.54) is 6.33 Å². The average Bonchev–Trinajstić information content (AvgIpc) is 3.10. The Labute approximate surface area is 187 Å². The van der Waals surface area contributed by atoms with Gasteiger partial charge >= 0.3 is 0 Å². The van der Waals surface area contributed by atoms with Crippen LogP contribution in [-0.2, 0) is 10.0 Å². The summed E-state index contributed by atoms with van der Waals surface area (Å²) in [5.74, 6) is 1.53. The van der Waals surface area contributed by atoms with Gasteiger partial charge in [-0.25, -0.2) is 23.4 Å². The number of hydrogen-bond donors (Lipinski definition) is 1. The van der Waals surface area contributed by atoms with E-state index in [0.29, 0.717) is 23.1 Å². The zero-order chi connectivity index (χ0) is 22.9. The first-order chi connectivity index (χ1) is 15.2. The number of ether oxygens (including phenoxy) is 1. The summed E-state index contributed by atoms with van der Waals surface area (Å²) in [7, 11) is -3.68. The van der Waals surface area contributed by atoms with Gasteiger partial charge in [-0.05, 0) is 75.2 Å². The lowest BCUT2D eigenvalue weighted by Gasteiger charge is -2.11. The Kier molecular flexibility index (Phi) is 5.67. The Morgan fingerprint density at radius 2 is 1.62 bits per heavy atom. The summed E-state index contributed by atoms with van der Waals surface area (Å²) in [6.07, 6.45) is 3.12. The van der Waals surface area contributed by atoms with Gasteiger partial charge in [-0.15, -0.1) is 0 Å². The zero-order valence-corrected chi connectivity index (χ0v) is 19.0. The fourth-order valence-electron chi connectivity index (χ4n) is 3.05. The molecule has 2 aromatic heterocycles. The Morgan fingerprint density at radius 3 is 2.28 bits per heavy atom. The minimum absolute atomic E-state index is 0.222. The van der Waals surface area contributed by atoms with Crippen LogP contribution in [0.3, 0.4) is 0 Å². The molecule has 0 bridgehead atoms. The smallest absolute Gasteiger partial charge is 0.261 e. The van der Waals surface area contributed by atoms with Crippen LogP contribution in [0.1, 0.15) is 22.5 Å². The summed E-state index contributed by atoms with van der Waals surface area (Å²) in [6, 6.07) is 13.4. The molecule has 164 valence electrons. The van der Waals surface area contributed by atoms with E-state index in [9.17, 15) is 8.42 Å². The minimum Gasteiger partial charge on any atom is -0.439 e. The van der Waals surface area contributed by atoms with Crippen molar-refractivity contribution in [3.63, 3.8) is 0 Å². The molecular formula is C23H23N5O3S. The quantitative estimate of drug-likeness (QED) is 0.466. The van der Waals surface area contributed by atoms with Gasteiger partial charge in [0, 0.05) is 17.4 Å². The second-order valence-electron chi connectivity index (χ2n) is 7.48. The molecule has 2 heterocycles. The number of nitrogens with zero attached hydrogens (tertiary/aromatic N) is 4. The van der Waals surface area contributed by atoms with E-state index in [1.807, 2.05) is 32.3 Å². The lowest BCUT2D eigenvalue weighted by Crippen LogP contribution is -2.13. The summed E-state index contributed by atoms with van der Waals surface area (Å²) in [6.45, 7) is 7.72. The molecule has 32 heavy (non-hydrogen) atoms. The van der Waals surface area contributed by atoms with Crippen molar-refractivity contribution in [2.45, 2.75) is 32.6 Å². The molecule has 8 nitrogen and oxygen atoms in total. The predicted octanol–water partition coefficient (Wildman–Crippen LogP) is 4.49. The number of rotatable bonds is 6. The predicted molar refractivity (Wildman–Crippen MR) is 122 cm³/mol. The van der Waals surface area contributed by atoms with Gasteiger partial charge < -0.3 is 4.74 Å². The van der Waals surface area contributed by atoms with Crippen molar-refractivity contribution in [1.82, 2.24) is 19.5 Å². The molecule has 0 aliphatic rings. The molecule has 0 spiro atoms. The Morgan fingerprint density at radius 1 is 0.875 bits per heavy atom. The van der Waals surface area contributed by atoms with Crippen molar-refractivity contribution >= 4 is 15.7 Å². The number of imidazole rings is 1. The molecule has 0 radical (unpaired) electrons.